The number of carboxylic acid groups (broad SMARTS) is 2. The van der Waals surface area contributed by atoms with Crippen LogP contribution in [0, 0.1) is 0 Å². The van der Waals surface area contributed by atoms with Gasteiger partial charge in [-0.05, 0) is 17.5 Å². The zero-order chi connectivity index (χ0) is 20.1. The summed E-state index contributed by atoms with van der Waals surface area (Å²) in [6.07, 6.45) is -0.350. The molecule has 0 aromatic heterocycles. The average molecular weight is 374 g/mol. The van der Waals surface area contributed by atoms with Crippen LogP contribution >= 0.6 is 0 Å². The quantitative estimate of drug-likeness (QED) is 0.578. The van der Waals surface area contributed by atoms with Crippen molar-refractivity contribution in [3.05, 3.63) is 71.8 Å². The van der Waals surface area contributed by atoms with Gasteiger partial charge in [0.25, 0.3) is 0 Å². The van der Waals surface area contributed by atoms with Gasteiger partial charge in [0.2, 0.25) is 0 Å². The molecule has 0 saturated heterocycles. The maximum absolute atomic E-state index is 10.9. The minimum absolute atomic E-state index is 0.131. The van der Waals surface area contributed by atoms with Gasteiger partial charge >= 0.3 is 18.0 Å². The molecule has 5 N–H and O–H groups in total. The van der Waals surface area contributed by atoms with Crippen LogP contribution in [0.1, 0.15) is 11.1 Å². The average Bonchev–Trinajstić information content (AvgIpc) is 2.66. The van der Waals surface area contributed by atoms with Gasteiger partial charge in [-0.25, -0.2) is 4.79 Å². The van der Waals surface area contributed by atoms with E-state index in [1.807, 2.05) is 60.7 Å². The monoisotopic (exact) mass is 374 g/mol. The smallest absolute Gasteiger partial charge is 0.407 e. The number of nitrogens with two attached hydrogens (primary N) is 1. The normalized spacial score (nSPS) is 10.7. The Bertz CT molecular complexity index is 721. The number of nitrogens with one attached hydrogen (secondary N) is 1. The Morgan fingerprint density at radius 2 is 1.44 bits per heavy atom. The van der Waals surface area contributed by atoms with E-state index in [4.69, 9.17) is 20.7 Å². The predicted molar refractivity (Wildman–Crippen MR) is 98.0 cm³/mol. The molecule has 0 aliphatic carbocycles. The lowest BCUT2D eigenvalue weighted by Gasteiger charge is -2.04. The van der Waals surface area contributed by atoms with Crippen LogP contribution in [-0.2, 0) is 27.4 Å². The van der Waals surface area contributed by atoms with Gasteiger partial charge in [-0.3, -0.25) is 9.59 Å². The second kappa shape index (κ2) is 12.0. The second-order valence-corrected chi connectivity index (χ2v) is 5.44. The summed E-state index contributed by atoms with van der Waals surface area (Å²) in [5.41, 5.74) is 7.15. The van der Waals surface area contributed by atoms with Crippen molar-refractivity contribution in [1.82, 2.24) is 5.32 Å². The first-order valence-corrected chi connectivity index (χ1v) is 8.07. The first kappa shape index (κ1) is 21.7. The fourth-order valence-electron chi connectivity index (χ4n) is 1.88. The SMILES string of the molecule is N[C@@H](Cc1ccccc1)C(=O)O.O=C(O)CNC(=O)OCc1ccccc1. The summed E-state index contributed by atoms with van der Waals surface area (Å²) in [6, 6.07) is 17.7. The second-order valence-electron chi connectivity index (χ2n) is 5.44. The van der Waals surface area contributed by atoms with Crippen LogP contribution in [0.3, 0.4) is 0 Å². The molecule has 2 aromatic rings. The van der Waals surface area contributed by atoms with Gasteiger partial charge in [-0.2, -0.15) is 0 Å². The number of rotatable bonds is 7. The molecule has 0 heterocycles. The lowest BCUT2D eigenvalue weighted by molar-refractivity contribution is -0.138. The lowest BCUT2D eigenvalue weighted by atomic mass is 10.1. The van der Waals surface area contributed by atoms with Gasteiger partial charge in [0, 0.05) is 0 Å². The van der Waals surface area contributed by atoms with E-state index in [1.54, 1.807) is 0 Å². The van der Waals surface area contributed by atoms with E-state index >= 15 is 0 Å². The summed E-state index contributed by atoms with van der Waals surface area (Å²) in [5, 5.41) is 18.9. The summed E-state index contributed by atoms with van der Waals surface area (Å²) in [4.78, 5) is 31.4. The molecule has 8 heteroatoms. The zero-order valence-corrected chi connectivity index (χ0v) is 14.6. The van der Waals surface area contributed by atoms with Gasteiger partial charge in [0.05, 0.1) is 0 Å². The van der Waals surface area contributed by atoms with Crippen molar-refractivity contribution in [2.75, 3.05) is 6.54 Å². The largest absolute Gasteiger partial charge is 0.480 e. The zero-order valence-electron chi connectivity index (χ0n) is 14.6. The van der Waals surface area contributed by atoms with Gasteiger partial charge in [0.1, 0.15) is 19.2 Å². The number of amides is 1. The van der Waals surface area contributed by atoms with Crippen molar-refractivity contribution < 1.29 is 29.3 Å². The van der Waals surface area contributed by atoms with Gasteiger partial charge in [0.15, 0.2) is 0 Å². The van der Waals surface area contributed by atoms with Gasteiger partial charge < -0.3 is 26.0 Å². The highest BCUT2D eigenvalue weighted by Gasteiger charge is 2.11. The van der Waals surface area contributed by atoms with Crippen molar-refractivity contribution in [1.29, 1.82) is 0 Å². The van der Waals surface area contributed by atoms with Crippen molar-refractivity contribution in [2.45, 2.75) is 19.1 Å². The highest BCUT2D eigenvalue weighted by atomic mass is 16.5. The summed E-state index contributed by atoms with van der Waals surface area (Å²) in [5.74, 6) is -2.06. The van der Waals surface area contributed by atoms with E-state index in [2.05, 4.69) is 5.32 Å². The number of carboxylic acids is 2. The molecule has 8 nitrogen and oxygen atoms in total. The van der Waals surface area contributed by atoms with Crippen molar-refractivity contribution in [3.63, 3.8) is 0 Å². The molecule has 0 unspecified atom stereocenters. The third kappa shape index (κ3) is 10.3. The van der Waals surface area contributed by atoms with Crippen LogP contribution < -0.4 is 11.1 Å². The molecule has 0 spiro atoms. The van der Waals surface area contributed by atoms with Crippen molar-refractivity contribution in [3.8, 4) is 0 Å². The van der Waals surface area contributed by atoms with Gasteiger partial charge in [-0.15, -0.1) is 0 Å². The van der Waals surface area contributed by atoms with Gasteiger partial charge in [-0.1, -0.05) is 60.7 Å². The molecule has 0 aliphatic rings. The Kier molecular flexibility index (Phi) is 9.66. The number of carbonyl (C=O) groups excluding carboxylic acids is 1. The molecule has 144 valence electrons. The van der Waals surface area contributed by atoms with Crippen LogP contribution in [0.25, 0.3) is 0 Å². The third-order valence-electron chi connectivity index (χ3n) is 3.21. The Hall–Kier alpha value is -3.39. The molecule has 0 aliphatic heterocycles. The minimum Gasteiger partial charge on any atom is -0.480 e. The highest BCUT2D eigenvalue weighted by Crippen LogP contribution is 2.01. The first-order valence-electron chi connectivity index (χ1n) is 8.07. The number of benzene rings is 2. The fraction of sp³-hybridized carbons (Fsp3) is 0.211. The molecule has 27 heavy (non-hydrogen) atoms. The maximum Gasteiger partial charge on any atom is 0.407 e. The Labute approximate surface area is 156 Å². The first-order chi connectivity index (χ1) is 12.9. The summed E-state index contributed by atoms with van der Waals surface area (Å²) in [6.45, 7) is -0.306. The molecule has 1 amide bonds. The molecular formula is C19H22N2O6. The molecule has 1 atom stereocenters. The van der Waals surface area contributed by atoms with E-state index in [9.17, 15) is 14.4 Å². The molecular weight excluding hydrogens is 352 g/mol. The predicted octanol–water partition coefficient (Wildman–Crippen LogP) is 1.64. The van der Waals surface area contributed by atoms with E-state index in [-0.39, 0.29) is 6.61 Å². The molecule has 2 rings (SSSR count). The molecule has 0 radical (unpaired) electrons. The molecule has 0 fully saturated rings. The Balaban J connectivity index is 0.000000277. The summed E-state index contributed by atoms with van der Waals surface area (Å²) < 4.78 is 4.77. The standard InChI is InChI=1S/C10H11NO4.C9H11NO2/c12-9(13)6-11-10(14)15-7-8-4-2-1-3-5-8;10-8(9(11)12)6-7-4-2-1-3-5-7/h1-5H,6-7H2,(H,11,14)(H,12,13);1-5,8H,6,10H2,(H,11,12)/t;8-/m.0/s1. The van der Waals surface area contributed by atoms with E-state index in [0.29, 0.717) is 6.42 Å². The summed E-state index contributed by atoms with van der Waals surface area (Å²) >= 11 is 0. The van der Waals surface area contributed by atoms with Crippen LogP contribution in [0.4, 0.5) is 4.79 Å². The maximum atomic E-state index is 10.9. The van der Waals surface area contributed by atoms with E-state index in [0.717, 1.165) is 11.1 Å². The number of alkyl carbamates (subject to hydrolysis) is 1. The van der Waals surface area contributed by atoms with Crippen LogP contribution in [0.15, 0.2) is 60.7 Å². The number of hydrogen-bond acceptors (Lipinski definition) is 5. The van der Waals surface area contributed by atoms with E-state index in [1.165, 1.54) is 0 Å². The molecule has 2 aromatic carbocycles. The molecule has 0 bridgehead atoms. The number of hydrogen-bond donors (Lipinski definition) is 4. The fourth-order valence-corrected chi connectivity index (χ4v) is 1.88. The Morgan fingerprint density at radius 3 is 1.93 bits per heavy atom. The van der Waals surface area contributed by atoms with Crippen molar-refractivity contribution >= 4 is 18.0 Å². The van der Waals surface area contributed by atoms with Crippen LogP contribution in [-0.4, -0.2) is 40.8 Å². The highest BCUT2D eigenvalue weighted by molar-refractivity contribution is 5.76. The molecule has 0 saturated carbocycles. The topological polar surface area (TPSA) is 139 Å². The third-order valence-corrected chi connectivity index (χ3v) is 3.21. The number of aliphatic carboxylic acids is 2. The van der Waals surface area contributed by atoms with Crippen LogP contribution in [0.2, 0.25) is 0 Å². The summed E-state index contributed by atoms with van der Waals surface area (Å²) in [7, 11) is 0. The lowest BCUT2D eigenvalue weighted by Crippen LogP contribution is -2.32. The van der Waals surface area contributed by atoms with E-state index < -0.39 is 30.6 Å². The minimum atomic E-state index is -1.10. The number of ether oxygens (including phenoxy) is 1. The van der Waals surface area contributed by atoms with Crippen molar-refractivity contribution in [2.24, 2.45) is 5.73 Å². The number of carbonyl (C=O) groups is 3. The van der Waals surface area contributed by atoms with Crippen LogP contribution in [0.5, 0.6) is 0 Å². The Morgan fingerprint density at radius 1 is 0.926 bits per heavy atom.